The number of hydrogen-bond donors (Lipinski definition) is 3. The molecule has 9 heteroatoms. The zero-order chi connectivity index (χ0) is 15.0. The van der Waals surface area contributed by atoms with Gasteiger partial charge in [-0.1, -0.05) is 11.8 Å². The summed E-state index contributed by atoms with van der Waals surface area (Å²) in [5.41, 5.74) is 5.09. The summed E-state index contributed by atoms with van der Waals surface area (Å²) in [7, 11) is -3.78. The van der Waals surface area contributed by atoms with E-state index in [-0.39, 0.29) is 24.7 Å². The van der Waals surface area contributed by atoms with Gasteiger partial charge in [-0.25, -0.2) is 17.9 Å². The van der Waals surface area contributed by atoms with Gasteiger partial charge in [-0.2, -0.15) is 0 Å². The molecule has 0 aliphatic carbocycles. The molecule has 0 bridgehead atoms. The van der Waals surface area contributed by atoms with E-state index < -0.39 is 16.1 Å². The van der Waals surface area contributed by atoms with E-state index in [9.17, 15) is 13.2 Å². The van der Waals surface area contributed by atoms with E-state index >= 15 is 0 Å². The minimum atomic E-state index is -3.78. The van der Waals surface area contributed by atoms with Gasteiger partial charge in [0.2, 0.25) is 10.0 Å². The second-order valence-corrected chi connectivity index (χ2v) is 5.20. The molecule has 0 spiro atoms. The number of primary amides is 1. The van der Waals surface area contributed by atoms with Gasteiger partial charge < -0.3 is 15.6 Å². The van der Waals surface area contributed by atoms with Crippen LogP contribution in [0, 0.1) is 11.8 Å². The van der Waals surface area contributed by atoms with Crippen molar-refractivity contribution < 1.29 is 23.1 Å². The average molecular weight is 299 g/mol. The summed E-state index contributed by atoms with van der Waals surface area (Å²) in [6, 6.07) is 1.31. The molecule has 0 saturated carbocycles. The Balaban J connectivity index is 2.74. The van der Waals surface area contributed by atoms with Crippen molar-refractivity contribution in [2.45, 2.75) is 4.90 Å². The summed E-state index contributed by atoms with van der Waals surface area (Å²) in [4.78, 5) is 14.0. The number of ether oxygens (including phenoxy) is 1. The van der Waals surface area contributed by atoms with Gasteiger partial charge in [0.05, 0.1) is 0 Å². The number of carbonyl (C=O) groups is 1. The molecule has 108 valence electrons. The van der Waals surface area contributed by atoms with E-state index in [4.69, 9.17) is 10.8 Å². The Morgan fingerprint density at radius 2 is 2.25 bits per heavy atom. The maximum atomic E-state index is 11.9. The van der Waals surface area contributed by atoms with Crippen LogP contribution in [0.25, 0.3) is 0 Å². The zero-order valence-electron chi connectivity index (χ0n) is 10.4. The zero-order valence-corrected chi connectivity index (χ0v) is 11.2. The first-order valence-corrected chi connectivity index (χ1v) is 6.90. The summed E-state index contributed by atoms with van der Waals surface area (Å²) in [5, 5.41) is 8.57. The predicted molar refractivity (Wildman–Crippen MR) is 68.9 cm³/mol. The number of carbonyl (C=O) groups excluding carboxylic acids is 1. The Morgan fingerprint density at radius 3 is 2.90 bits per heavy atom. The van der Waals surface area contributed by atoms with Crippen LogP contribution in [0.5, 0.6) is 0 Å². The molecular formula is C11H13N3O5S. The first-order chi connectivity index (χ1) is 9.45. The van der Waals surface area contributed by atoms with Crippen LogP contribution in [0.2, 0.25) is 0 Å². The van der Waals surface area contributed by atoms with E-state index in [0.717, 1.165) is 6.20 Å². The van der Waals surface area contributed by atoms with Gasteiger partial charge in [0, 0.05) is 24.5 Å². The van der Waals surface area contributed by atoms with Crippen molar-refractivity contribution in [1.82, 2.24) is 9.71 Å². The highest BCUT2D eigenvalue weighted by Gasteiger charge is 2.14. The number of nitrogens with zero attached hydrogens (tertiary/aromatic N) is 1. The van der Waals surface area contributed by atoms with Crippen molar-refractivity contribution in [3.8, 4) is 11.8 Å². The third-order valence-corrected chi connectivity index (χ3v) is 3.40. The van der Waals surface area contributed by atoms with Crippen molar-refractivity contribution in [2.75, 3.05) is 19.8 Å². The van der Waals surface area contributed by atoms with Crippen LogP contribution in [-0.4, -0.2) is 44.4 Å². The Bertz CT molecular complexity index is 633. The highest BCUT2D eigenvalue weighted by atomic mass is 32.2. The SMILES string of the molecule is NC(=O)OCCNS(=O)(=O)c1cncc(C#CCO)c1. The monoisotopic (exact) mass is 299 g/mol. The molecule has 0 saturated heterocycles. The summed E-state index contributed by atoms with van der Waals surface area (Å²) >= 11 is 0. The number of nitrogens with two attached hydrogens (primary N) is 1. The van der Waals surface area contributed by atoms with Gasteiger partial charge in [0.1, 0.15) is 18.1 Å². The Kier molecular flexibility index (Phi) is 5.92. The highest BCUT2D eigenvalue weighted by molar-refractivity contribution is 7.89. The molecule has 0 aliphatic rings. The molecule has 8 nitrogen and oxygen atoms in total. The maximum Gasteiger partial charge on any atom is 0.404 e. The number of rotatable bonds is 5. The molecule has 0 fully saturated rings. The van der Waals surface area contributed by atoms with Gasteiger partial charge in [0.15, 0.2) is 0 Å². The number of sulfonamides is 1. The molecule has 0 aliphatic heterocycles. The summed E-state index contributed by atoms with van der Waals surface area (Å²) < 4.78 is 30.4. The van der Waals surface area contributed by atoms with Crippen LogP contribution < -0.4 is 10.5 Å². The number of aliphatic hydroxyl groups excluding tert-OH is 1. The molecule has 20 heavy (non-hydrogen) atoms. The lowest BCUT2D eigenvalue weighted by Gasteiger charge is -2.06. The number of hydrogen-bond acceptors (Lipinski definition) is 6. The third-order valence-electron chi connectivity index (χ3n) is 1.97. The standard InChI is InChI=1S/C11H13N3O5S/c12-11(16)19-5-3-14-20(17,18)10-6-9(2-1-4-15)7-13-8-10/h6-8,14-15H,3-5H2,(H2,12,16). The van der Waals surface area contributed by atoms with Crippen molar-refractivity contribution in [1.29, 1.82) is 0 Å². The van der Waals surface area contributed by atoms with Gasteiger partial charge in [-0.3, -0.25) is 4.98 Å². The first-order valence-electron chi connectivity index (χ1n) is 5.42. The lowest BCUT2D eigenvalue weighted by molar-refractivity contribution is 0.159. The fourth-order valence-electron chi connectivity index (χ4n) is 1.19. The minimum Gasteiger partial charge on any atom is -0.448 e. The molecule has 1 rings (SSSR count). The van der Waals surface area contributed by atoms with Crippen LogP contribution in [-0.2, 0) is 14.8 Å². The van der Waals surface area contributed by atoms with Crippen molar-refractivity contribution >= 4 is 16.1 Å². The summed E-state index contributed by atoms with van der Waals surface area (Å²) in [6.07, 6.45) is 1.55. The molecular weight excluding hydrogens is 286 g/mol. The lowest BCUT2D eigenvalue weighted by atomic mass is 10.3. The first kappa shape index (κ1) is 15.9. The quantitative estimate of drug-likeness (QED) is 0.462. The van der Waals surface area contributed by atoms with Gasteiger partial charge >= 0.3 is 6.09 Å². The van der Waals surface area contributed by atoms with E-state index in [1.807, 2.05) is 0 Å². The van der Waals surface area contributed by atoms with Crippen LogP contribution >= 0.6 is 0 Å². The molecule has 0 radical (unpaired) electrons. The van der Waals surface area contributed by atoms with E-state index in [1.165, 1.54) is 12.3 Å². The highest BCUT2D eigenvalue weighted by Crippen LogP contribution is 2.08. The van der Waals surface area contributed by atoms with Crippen molar-refractivity contribution in [3.05, 3.63) is 24.0 Å². The third kappa shape index (κ3) is 5.23. The molecule has 1 aromatic rings. The normalized spacial score (nSPS) is 10.4. The predicted octanol–water partition coefficient (Wildman–Crippen LogP) is -1.20. The second kappa shape index (κ2) is 7.44. The maximum absolute atomic E-state index is 11.9. The van der Waals surface area contributed by atoms with E-state index in [2.05, 4.69) is 26.3 Å². The number of nitrogens with one attached hydrogen (secondary N) is 1. The van der Waals surface area contributed by atoms with Crippen LogP contribution in [0.3, 0.4) is 0 Å². The van der Waals surface area contributed by atoms with Crippen LogP contribution in [0.1, 0.15) is 5.56 Å². The number of amides is 1. The number of pyridine rings is 1. The largest absolute Gasteiger partial charge is 0.448 e. The van der Waals surface area contributed by atoms with Crippen molar-refractivity contribution in [2.24, 2.45) is 5.73 Å². The van der Waals surface area contributed by atoms with Gasteiger partial charge in [-0.05, 0) is 6.07 Å². The van der Waals surface area contributed by atoms with E-state index in [0.29, 0.717) is 5.56 Å². The molecule has 4 N–H and O–H groups in total. The summed E-state index contributed by atoms with van der Waals surface area (Å²) in [6.45, 7) is -0.622. The molecule has 1 heterocycles. The van der Waals surface area contributed by atoms with Crippen LogP contribution in [0.15, 0.2) is 23.4 Å². The lowest BCUT2D eigenvalue weighted by Crippen LogP contribution is -2.29. The Morgan fingerprint density at radius 1 is 1.50 bits per heavy atom. The molecule has 0 aromatic carbocycles. The molecule has 0 atom stereocenters. The van der Waals surface area contributed by atoms with Crippen molar-refractivity contribution in [3.63, 3.8) is 0 Å². The second-order valence-electron chi connectivity index (χ2n) is 3.43. The smallest absolute Gasteiger partial charge is 0.404 e. The fourth-order valence-corrected chi connectivity index (χ4v) is 2.19. The molecule has 0 unspecified atom stereocenters. The number of aliphatic hydroxyl groups is 1. The molecule has 1 amide bonds. The van der Waals surface area contributed by atoms with E-state index in [1.54, 1.807) is 0 Å². The van der Waals surface area contributed by atoms with Crippen LogP contribution in [0.4, 0.5) is 4.79 Å². The Hall–Kier alpha value is -2.15. The molecule has 1 aromatic heterocycles. The summed E-state index contributed by atoms with van der Waals surface area (Å²) in [5.74, 6) is 4.94. The average Bonchev–Trinajstić information content (AvgIpc) is 2.41. The minimum absolute atomic E-state index is 0.0821. The van der Waals surface area contributed by atoms with Gasteiger partial charge in [0.25, 0.3) is 0 Å². The Labute approximate surface area is 116 Å². The topological polar surface area (TPSA) is 132 Å². The fraction of sp³-hybridized carbons (Fsp3) is 0.273. The van der Waals surface area contributed by atoms with Gasteiger partial charge in [-0.15, -0.1) is 0 Å². The number of aromatic nitrogens is 1.